The quantitative estimate of drug-likeness (QED) is 0.252. The topological polar surface area (TPSA) is 38.3 Å². The monoisotopic (exact) mass is 477 g/mol. The lowest BCUT2D eigenvalue weighted by Crippen LogP contribution is -2.29. The van der Waals surface area contributed by atoms with Crippen molar-refractivity contribution in [3.63, 3.8) is 0 Å². The molecular weight excluding hydrogens is 437 g/mol. The number of rotatable bonds is 10. The molecule has 3 rings (SSSR count). The molecule has 0 spiro atoms. The van der Waals surface area contributed by atoms with E-state index in [0.29, 0.717) is 13.0 Å². The maximum absolute atomic E-state index is 12.8. The van der Waals surface area contributed by atoms with Crippen molar-refractivity contribution in [2.45, 2.75) is 66.3 Å². The van der Waals surface area contributed by atoms with Gasteiger partial charge in [0.15, 0.2) is 0 Å². The summed E-state index contributed by atoms with van der Waals surface area (Å²) in [5, 5.41) is 3.24. The number of hydrogen-bond acceptors (Lipinski definition) is 2. The minimum atomic E-state index is -0.141. The molecule has 0 saturated carbocycles. The molecule has 182 valence electrons. The molecule has 0 bridgehead atoms. The minimum absolute atomic E-state index is 0. The molecule has 0 saturated heterocycles. The number of amides is 1. The standard InChI is InChI=1S/C30H37NO2.H3P/c1-6-28-23(4)19-27(20-24(28)5)33-18-8-7-9-29(32)31-30(25-14-10-21(2)11-15-25)26-16-12-22(3)13-17-26;/h10-17,19-20,30H,6-9,18H2,1-5H3,(H,31,32);1H3. The highest BCUT2D eigenvalue weighted by Crippen LogP contribution is 2.24. The van der Waals surface area contributed by atoms with Crippen LogP contribution in [0, 0.1) is 27.7 Å². The number of unbranched alkanes of at least 4 members (excludes halogenated alkanes) is 1. The molecule has 1 N–H and O–H groups in total. The van der Waals surface area contributed by atoms with Gasteiger partial charge in [0.1, 0.15) is 5.75 Å². The largest absolute Gasteiger partial charge is 0.494 e. The predicted octanol–water partition coefficient (Wildman–Crippen LogP) is 7.00. The average Bonchev–Trinajstić information content (AvgIpc) is 2.78. The van der Waals surface area contributed by atoms with Crippen LogP contribution in [0.3, 0.4) is 0 Å². The van der Waals surface area contributed by atoms with Crippen LogP contribution in [0.5, 0.6) is 5.75 Å². The van der Waals surface area contributed by atoms with Gasteiger partial charge in [-0.3, -0.25) is 4.79 Å². The highest BCUT2D eigenvalue weighted by molar-refractivity contribution is 6.92. The van der Waals surface area contributed by atoms with E-state index in [1.165, 1.54) is 27.8 Å². The number of ether oxygens (including phenoxy) is 1. The fourth-order valence-corrected chi connectivity index (χ4v) is 4.28. The Hall–Kier alpha value is -2.64. The molecule has 0 heterocycles. The van der Waals surface area contributed by atoms with Crippen molar-refractivity contribution in [2.24, 2.45) is 0 Å². The van der Waals surface area contributed by atoms with E-state index in [1.807, 2.05) is 0 Å². The molecular formula is C30H40NO2P. The third-order valence-corrected chi connectivity index (χ3v) is 6.22. The number of hydrogen-bond donors (Lipinski definition) is 1. The molecule has 3 nitrogen and oxygen atoms in total. The van der Waals surface area contributed by atoms with Crippen molar-refractivity contribution in [2.75, 3.05) is 6.61 Å². The van der Waals surface area contributed by atoms with Gasteiger partial charge in [-0.15, -0.1) is 0 Å². The second-order valence-electron chi connectivity index (χ2n) is 9.02. The molecule has 1 amide bonds. The normalized spacial score (nSPS) is 10.6. The zero-order chi connectivity index (χ0) is 23.8. The van der Waals surface area contributed by atoms with E-state index in [9.17, 15) is 4.79 Å². The van der Waals surface area contributed by atoms with Crippen LogP contribution in [0.2, 0.25) is 0 Å². The zero-order valence-electron chi connectivity index (χ0n) is 21.4. The van der Waals surface area contributed by atoms with E-state index < -0.39 is 0 Å². The molecule has 0 aliphatic heterocycles. The smallest absolute Gasteiger partial charge is 0.220 e. The maximum Gasteiger partial charge on any atom is 0.220 e. The van der Waals surface area contributed by atoms with Crippen molar-refractivity contribution < 1.29 is 9.53 Å². The van der Waals surface area contributed by atoms with Crippen molar-refractivity contribution in [1.29, 1.82) is 0 Å². The van der Waals surface area contributed by atoms with Crippen LogP contribution < -0.4 is 10.1 Å². The van der Waals surface area contributed by atoms with Gasteiger partial charge in [0, 0.05) is 6.42 Å². The number of carbonyl (C=O) groups is 1. The van der Waals surface area contributed by atoms with Gasteiger partial charge in [0.2, 0.25) is 5.91 Å². The Morgan fingerprint density at radius 1 is 0.824 bits per heavy atom. The molecule has 1 unspecified atom stereocenters. The van der Waals surface area contributed by atoms with Gasteiger partial charge in [0.25, 0.3) is 0 Å². The van der Waals surface area contributed by atoms with Crippen LogP contribution in [0.4, 0.5) is 0 Å². The van der Waals surface area contributed by atoms with Crippen LogP contribution in [0.15, 0.2) is 60.7 Å². The highest BCUT2D eigenvalue weighted by Gasteiger charge is 2.16. The van der Waals surface area contributed by atoms with Crippen LogP contribution in [0.25, 0.3) is 0 Å². The van der Waals surface area contributed by atoms with Gasteiger partial charge in [-0.05, 0) is 86.9 Å². The Kier molecular flexibility index (Phi) is 10.8. The predicted molar refractivity (Wildman–Crippen MR) is 148 cm³/mol. The lowest BCUT2D eigenvalue weighted by atomic mass is 9.96. The van der Waals surface area contributed by atoms with Crippen LogP contribution in [0.1, 0.15) is 71.2 Å². The fraction of sp³-hybridized carbons (Fsp3) is 0.367. The Balaban J connectivity index is 0.00000408. The number of aryl methyl sites for hydroxylation is 4. The summed E-state index contributed by atoms with van der Waals surface area (Å²) in [6.45, 7) is 11.2. The van der Waals surface area contributed by atoms with Gasteiger partial charge in [-0.25, -0.2) is 0 Å². The first kappa shape index (κ1) is 27.6. The van der Waals surface area contributed by atoms with Crippen LogP contribution in [-0.2, 0) is 11.2 Å². The SMILES string of the molecule is CCc1c(C)cc(OCCCCC(=O)NC(c2ccc(C)cc2)c2ccc(C)cc2)cc1C.P. The first-order chi connectivity index (χ1) is 15.9. The number of benzene rings is 3. The summed E-state index contributed by atoms with van der Waals surface area (Å²) in [6.07, 6.45) is 3.18. The van der Waals surface area contributed by atoms with Gasteiger partial charge in [-0.2, -0.15) is 9.90 Å². The molecule has 3 aromatic rings. The molecule has 0 aliphatic rings. The molecule has 0 radical (unpaired) electrons. The van der Waals surface area contributed by atoms with Gasteiger partial charge >= 0.3 is 0 Å². The van der Waals surface area contributed by atoms with Crippen molar-refractivity contribution >= 4 is 15.8 Å². The first-order valence-electron chi connectivity index (χ1n) is 12.0. The Morgan fingerprint density at radius 2 is 1.32 bits per heavy atom. The Morgan fingerprint density at radius 3 is 1.79 bits per heavy atom. The summed E-state index contributed by atoms with van der Waals surface area (Å²) in [5.74, 6) is 0.991. The average molecular weight is 478 g/mol. The summed E-state index contributed by atoms with van der Waals surface area (Å²) >= 11 is 0. The third kappa shape index (κ3) is 7.71. The van der Waals surface area contributed by atoms with Crippen molar-refractivity contribution in [3.05, 3.63) is 99.6 Å². The molecule has 3 aromatic carbocycles. The van der Waals surface area contributed by atoms with E-state index in [1.54, 1.807) is 0 Å². The summed E-state index contributed by atoms with van der Waals surface area (Å²) in [6, 6.07) is 20.9. The molecule has 1 atom stereocenters. The number of nitrogens with one attached hydrogen (secondary N) is 1. The van der Waals surface area contributed by atoms with E-state index in [4.69, 9.17) is 4.74 Å². The van der Waals surface area contributed by atoms with Crippen molar-refractivity contribution in [1.82, 2.24) is 5.32 Å². The van der Waals surface area contributed by atoms with Gasteiger partial charge < -0.3 is 10.1 Å². The lowest BCUT2D eigenvalue weighted by Gasteiger charge is -2.20. The summed E-state index contributed by atoms with van der Waals surface area (Å²) in [7, 11) is 0. The van der Waals surface area contributed by atoms with E-state index in [0.717, 1.165) is 36.1 Å². The fourth-order valence-electron chi connectivity index (χ4n) is 4.28. The minimum Gasteiger partial charge on any atom is -0.494 e. The molecule has 34 heavy (non-hydrogen) atoms. The Labute approximate surface area is 209 Å². The van der Waals surface area contributed by atoms with Crippen LogP contribution in [-0.4, -0.2) is 12.5 Å². The number of carbonyl (C=O) groups excluding carboxylic acids is 1. The molecule has 0 aromatic heterocycles. The van der Waals surface area contributed by atoms with E-state index in [-0.39, 0.29) is 21.8 Å². The van der Waals surface area contributed by atoms with E-state index in [2.05, 4.69) is 101 Å². The van der Waals surface area contributed by atoms with Crippen LogP contribution >= 0.6 is 9.90 Å². The zero-order valence-corrected chi connectivity index (χ0v) is 22.8. The molecule has 0 aliphatic carbocycles. The summed E-state index contributed by atoms with van der Waals surface area (Å²) in [4.78, 5) is 12.8. The van der Waals surface area contributed by atoms with Gasteiger partial charge in [0.05, 0.1) is 12.6 Å². The second-order valence-corrected chi connectivity index (χ2v) is 9.02. The summed E-state index contributed by atoms with van der Waals surface area (Å²) < 4.78 is 5.96. The summed E-state index contributed by atoms with van der Waals surface area (Å²) in [5.41, 5.74) is 8.58. The maximum atomic E-state index is 12.8. The first-order valence-corrected chi connectivity index (χ1v) is 12.0. The van der Waals surface area contributed by atoms with Gasteiger partial charge in [-0.1, -0.05) is 66.6 Å². The highest BCUT2D eigenvalue weighted by atomic mass is 31.0. The van der Waals surface area contributed by atoms with Crippen molar-refractivity contribution in [3.8, 4) is 5.75 Å². The van der Waals surface area contributed by atoms with E-state index >= 15 is 0 Å². The molecule has 0 fully saturated rings. The second kappa shape index (κ2) is 13.3. The molecule has 4 heteroatoms. The lowest BCUT2D eigenvalue weighted by molar-refractivity contribution is -0.121. The Bertz CT molecular complexity index is 990. The third-order valence-electron chi connectivity index (χ3n) is 6.22.